The van der Waals surface area contributed by atoms with Crippen LogP contribution in [0.25, 0.3) is 0 Å². The first-order chi connectivity index (χ1) is 8.07. The molecule has 1 aliphatic heterocycles. The fraction of sp³-hybridized carbons (Fsp3) is 0.750. The minimum Gasteiger partial charge on any atom is -0.353 e. The molecule has 0 aromatic heterocycles. The highest BCUT2D eigenvalue weighted by Gasteiger charge is 2.52. The lowest BCUT2D eigenvalue weighted by Gasteiger charge is -2.33. The van der Waals surface area contributed by atoms with Crippen LogP contribution in [0, 0.1) is 16.7 Å². The lowest BCUT2D eigenvalue weighted by molar-refractivity contribution is -0.136. The Kier molecular flexibility index (Phi) is 3.05. The summed E-state index contributed by atoms with van der Waals surface area (Å²) in [5.74, 6) is -0.0354. The number of rotatable bonds is 2. The summed E-state index contributed by atoms with van der Waals surface area (Å²) in [5.41, 5.74) is -0.707. The summed E-state index contributed by atoms with van der Waals surface area (Å²) in [7, 11) is 0. The Hall–Kier alpha value is -1.57. The zero-order valence-corrected chi connectivity index (χ0v) is 10.0. The van der Waals surface area contributed by atoms with Gasteiger partial charge in [-0.1, -0.05) is 0 Å². The highest BCUT2D eigenvalue weighted by Crippen LogP contribution is 2.46. The molecule has 0 aromatic rings. The number of carbonyl (C=O) groups is 2. The van der Waals surface area contributed by atoms with E-state index in [0.29, 0.717) is 25.9 Å². The normalized spacial score (nSPS) is 22.7. The van der Waals surface area contributed by atoms with Gasteiger partial charge < -0.3 is 10.2 Å². The van der Waals surface area contributed by atoms with Crippen LogP contribution >= 0.6 is 0 Å². The van der Waals surface area contributed by atoms with Crippen LogP contribution in [0.1, 0.15) is 32.6 Å². The molecular formula is C12H17N3O2. The quantitative estimate of drug-likeness (QED) is 0.753. The van der Waals surface area contributed by atoms with Gasteiger partial charge in [-0.2, -0.15) is 5.26 Å². The summed E-state index contributed by atoms with van der Waals surface area (Å²) >= 11 is 0. The van der Waals surface area contributed by atoms with Gasteiger partial charge in [0.25, 0.3) is 0 Å². The Morgan fingerprint density at radius 1 is 1.35 bits per heavy atom. The zero-order valence-electron chi connectivity index (χ0n) is 10.0. The molecular weight excluding hydrogens is 218 g/mol. The third-order valence-electron chi connectivity index (χ3n) is 3.56. The third-order valence-corrected chi connectivity index (χ3v) is 3.56. The maximum atomic E-state index is 12.1. The van der Waals surface area contributed by atoms with Crippen LogP contribution in [0.2, 0.25) is 0 Å². The van der Waals surface area contributed by atoms with E-state index >= 15 is 0 Å². The maximum absolute atomic E-state index is 12.1. The molecule has 2 aliphatic rings. The molecule has 17 heavy (non-hydrogen) atoms. The molecule has 1 N–H and O–H groups in total. The molecule has 0 atom stereocenters. The van der Waals surface area contributed by atoms with E-state index in [4.69, 9.17) is 5.26 Å². The average Bonchev–Trinajstić information content (AvgIpc) is 3.09. The van der Waals surface area contributed by atoms with E-state index < -0.39 is 5.41 Å². The lowest BCUT2D eigenvalue weighted by atomic mass is 10.0. The number of hydrogen-bond donors (Lipinski definition) is 1. The van der Waals surface area contributed by atoms with Crippen molar-refractivity contribution in [2.75, 3.05) is 13.1 Å². The lowest BCUT2D eigenvalue weighted by Crippen LogP contribution is -2.48. The van der Waals surface area contributed by atoms with Crippen LogP contribution in [0.3, 0.4) is 0 Å². The minimum absolute atomic E-state index is 0.0127. The van der Waals surface area contributed by atoms with Gasteiger partial charge in [-0.3, -0.25) is 9.59 Å². The molecule has 92 valence electrons. The molecule has 2 amide bonds. The van der Waals surface area contributed by atoms with E-state index in [0.717, 1.165) is 12.8 Å². The summed E-state index contributed by atoms with van der Waals surface area (Å²) in [6, 6.07) is 2.31. The van der Waals surface area contributed by atoms with Crippen LogP contribution < -0.4 is 5.32 Å². The van der Waals surface area contributed by atoms with Crippen LogP contribution in [0.5, 0.6) is 0 Å². The minimum atomic E-state index is -0.707. The van der Waals surface area contributed by atoms with Crippen molar-refractivity contribution in [3.05, 3.63) is 0 Å². The molecule has 1 saturated carbocycles. The maximum Gasteiger partial charge on any atom is 0.243 e. The molecule has 0 bridgehead atoms. The van der Waals surface area contributed by atoms with E-state index in [-0.39, 0.29) is 17.9 Å². The van der Waals surface area contributed by atoms with Crippen molar-refractivity contribution >= 4 is 11.8 Å². The van der Waals surface area contributed by atoms with E-state index in [2.05, 4.69) is 11.4 Å². The van der Waals surface area contributed by atoms with Gasteiger partial charge in [0.15, 0.2) is 0 Å². The third kappa shape index (κ3) is 2.41. The molecule has 1 aliphatic carbocycles. The van der Waals surface area contributed by atoms with Crippen LogP contribution in [-0.2, 0) is 9.59 Å². The van der Waals surface area contributed by atoms with Crippen molar-refractivity contribution in [1.82, 2.24) is 10.2 Å². The summed E-state index contributed by atoms with van der Waals surface area (Å²) in [5, 5.41) is 11.8. The smallest absolute Gasteiger partial charge is 0.243 e. The van der Waals surface area contributed by atoms with Gasteiger partial charge in [-0.15, -0.1) is 0 Å². The molecule has 1 saturated heterocycles. The first kappa shape index (κ1) is 11.9. The molecule has 2 fully saturated rings. The summed E-state index contributed by atoms with van der Waals surface area (Å²) in [4.78, 5) is 24.7. The number of carbonyl (C=O) groups excluding carboxylic acids is 2. The number of hydrogen-bond acceptors (Lipinski definition) is 3. The molecule has 0 radical (unpaired) electrons. The van der Waals surface area contributed by atoms with Crippen molar-refractivity contribution in [3.8, 4) is 6.07 Å². The molecule has 2 rings (SSSR count). The van der Waals surface area contributed by atoms with Crippen LogP contribution in [0.15, 0.2) is 0 Å². The molecule has 0 spiro atoms. The fourth-order valence-electron chi connectivity index (χ4n) is 2.32. The molecule has 5 heteroatoms. The highest BCUT2D eigenvalue weighted by atomic mass is 16.2. The predicted octanol–water partition coefficient (Wildman–Crippen LogP) is 0.417. The van der Waals surface area contributed by atoms with Crippen LogP contribution in [-0.4, -0.2) is 35.8 Å². The summed E-state index contributed by atoms with van der Waals surface area (Å²) in [6.45, 7) is 2.80. The Morgan fingerprint density at radius 3 is 2.35 bits per heavy atom. The Labute approximate surface area is 101 Å². The second kappa shape index (κ2) is 4.36. The predicted molar refractivity (Wildman–Crippen MR) is 60.7 cm³/mol. The van der Waals surface area contributed by atoms with Crippen molar-refractivity contribution in [3.63, 3.8) is 0 Å². The number of piperidine rings is 1. The number of nitrogens with zero attached hydrogens (tertiary/aromatic N) is 2. The van der Waals surface area contributed by atoms with Gasteiger partial charge in [0.2, 0.25) is 11.8 Å². The second-order valence-corrected chi connectivity index (χ2v) is 4.96. The average molecular weight is 235 g/mol. The fourth-order valence-corrected chi connectivity index (χ4v) is 2.32. The molecule has 0 unspecified atom stereocenters. The zero-order chi connectivity index (χ0) is 12.5. The van der Waals surface area contributed by atoms with E-state index in [9.17, 15) is 9.59 Å². The molecule has 5 nitrogen and oxygen atoms in total. The van der Waals surface area contributed by atoms with E-state index in [1.54, 1.807) is 4.90 Å². The topological polar surface area (TPSA) is 73.2 Å². The largest absolute Gasteiger partial charge is 0.353 e. The van der Waals surface area contributed by atoms with Crippen molar-refractivity contribution in [2.24, 2.45) is 5.41 Å². The van der Waals surface area contributed by atoms with Gasteiger partial charge in [0, 0.05) is 26.1 Å². The van der Waals surface area contributed by atoms with Crippen LogP contribution in [0.4, 0.5) is 0 Å². The van der Waals surface area contributed by atoms with E-state index in [1.807, 2.05) is 0 Å². The van der Waals surface area contributed by atoms with E-state index in [1.165, 1.54) is 6.92 Å². The first-order valence-corrected chi connectivity index (χ1v) is 6.05. The molecule has 1 heterocycles. The standard InChI is InChI=1S/C12H17N3O2/c1-9(16)14-10-2-6-15(7-3-10)11(17)12(8-13)4-5-12/h10H,2-7H2,1H3,(H,14,16). The van der Waals surface area contributed by atoms with Crippen molar-refractivity contribution in [1.29, 1.82) is 5.26 Å². The van der Waals surface area contributed by atoms with Gasteiger partial charge in [-0.25, -0.2) is 0 Å². The van der Waals surface area contributed by atoms with Crippen molar-refractivity contribution < 1.29 is 9.59 Å². The number of likely N-dealkylation sites (tertiary alicyclic amines) is 1. The number of nitriles is 1. The monoisotopic (exact) mass is 235 g/mol. The van der Waals surface area contributed by atoms with Gasteiger partial charge >= 0.3 is 0 Å². The van der Waals surface area contributed by atoms with Gasteiger partial charge in [0.1, 0.15) is 5.41 Å². The Bertz CT molecular complexity index is 374. The second-order valence-electron chi connectivity index (χ2n) is 4.96. The number of amides is 2. The summed E-state index contributed by atoms with van der Waals surface area (Å²) < 4.78 is 0. The Balaban J connectivity index is 1.85. The SMILES string of the molecule is CC(=O)NC1CCN(C(=O)C2(C#N)CC2)CC1. The molecule has 0 aromatic carbocycles. The first-order valence-electron chi connectivity index (χ1n) is 6.05. The Morgan fingerprint density at radius 2 is 1.94 bits per heavy atom. The van der Waals surface area contributed by atoms with Crippen molar-refractivity contribution in [2.45, 2.75) is 38.6 Å². The van der Waals surface area contributed by atoms with Gasteiger partial charge in [-0.05, 0) is 25.7 Å². The highest BCUT2D eigenvalue weighted by molar-refractivity contribution is 5.88. The van der Waals surface area contributed by atoms with Gasteiger partial charge in [0.05, 0.1) is 6.07 Å². The number of nitrogens with one attached hydrogen (secondary N) is 1. The summed E-state index contributed by atoms with van der Waals surface area (Å²) in [6.07, 6.45) is 2.97.